The Labute approximate surface area is 127 Å². The fourth-order valence-electron chi connectivity index (χ4n) is 1.92. The second-order valence-electron chi connectivity index (χ2n) is 4.59. The maximum atomic E-state index is 11.5. The highest BCUT2D eigenvalue weighted by Gasteiger charge is 2.09. The number of benzene rings is 1. The minimum absolute atomic E-state index is 0. The number of ether oxygens (including phenoxy) is 1. The van der Waals surface area contributed by atoms with Crippen LogP contribution in [-0.4, -0.2) is 12.5 Å². The van der Waals surface area contributed by atoms with Crippen LogP contribution in [0.4, 0.5) is 0 Å². The molecule has 0 saturated carbocycles. The van der Waals surface area contributed by atoms with Crippen LogP contribution in [-0.2, 0) is 0 Å². The molecule has 0 atom stereocenters. The van der Waals surface area contributed by atoms with Gasteiger partial charge in [-0.15, -0.1) is 12.4 Å². The van der Waals surface area contributed by atoms with E-state index in [1.165, 1.54) is 32.1 Å². The summed E-state index contributed by atoms with van der Waals surface area (Å²) in [7, 11) is 0. The third-order valence-electron chi connectivity index (χ3n) is 3.02. The topological polar surface area (TPSA) is 64.3 Å². The lowest BCUT2D eigenvalue weighted by molar-refractivity contribution is 0.0949. The molecule has 5 heteroatoms. The number of halogens is 1. The second-order valence-corrected chi connectivity index (χ2v) is 4.59. The van der Waals surface area contributed by atoms with Crippen LogP contribution in [0, 0.1) is 0 Å². The zero-order chi connectivity index (χ0) is 13.9. The largest absolute Gasteiger partial charge is 0.493 e. The highest BCUT2D eigenvalue weighted by Crippen LogP contribution is 2.18. The van der Waals surface area contributed by atoms with E-state index in [2.05, 4.69) is 12.3 Å². The number of rotatable bonds is 9. The quantitative estimate of drug-likeness (QED) is 0.318. The van der Waals surface area contributed by atoms with Crippen molar-refractivity contribution in [2.75, 3.05) is 6.61 Å². The van der Waals surface area contributed by atoms with Crippen molar-refractivity contribution in [3.63, 3.8) is 0 Å². The number of hydrazine groups is 1. The molecule has 4 nitrogen and oxygen atoms in total. The van der Waals surface area contributed by atoms with Crippen LogP contribution >= 0.6 is 12.4 Å². The Hall–Kier alpha value is -1.26. The second kappa shape index (κ2) is 11.6. The third-order valence-corrected chi connectivity index (χ3v) is 3.02. The van der Waals surface area contributed by atoms with Gasteiger partial charge in [0.1, 0.15) is 5.75 Å². The molecule has 0 unspecified atom stereocenters. The van der Waals surface area contributed by atoms with Crippen molar-refractivity contribution >= 4 is 18.3 Å². The Bertz CT molecular complexity index is 386. The fourth-order valence-corrected chi connectivity index (χ4v) is 1.92. The number of para-hydroxylation sites is 1. The molecule has 0 saturated heterocycles. The van der Waals surface area contributed by atoms with Gasteiger partial charge in [-0.3, -0.25) is 10.2 Å². The zero-order valence-corrected chi connectivity index (χ0v) is 12.9. The van der Waals surface area contributed by atoms with Gasteiger partial charge in [0.25, 0.3) is 5.91 Å². The molecule has 0 aliphatic heterocycles. The first kappa shape index (κ1) is 18.7. The number of nitrogen functional groups attached to an aromatic ring is 1. The van der Waals surface area contributed by atoms with Crippen LogP contribution in [0.15, 0.2) is 24.3 Å². The van der Waals surface area contributed by atoms with Gasteiger partial charge in [-0.2, -0.15) is 0 Å². The van der Waals surface area contributed by atoms with E-state index in [9.17, 15) is 4.79 Å². The Morgan fingerprint density at radius 3 is 2.50 bits per heavy atom. The monoisotopic (exact) mass is 300 g/mol. The summed E-state index contributed by atoms with van der Waals surface area (Å²) in [6.07, 6.45) is 7.30. The molecule has 0 radical (unpaired) electrons. The normalized spacial score (nSPS) is 9.70. The molecule has 0 heterocycles. The van der Waals surface area contributed by atoms with Gasteiger partial charge in [0.15, 0.2) is 0 Å². The van der Waals surface area contributed by atoms with Crippen molar-refractivity contribution in [2.24, 2.45) is 5.84 Å². The molecule has 0 aliphatic rings. The number of carbonyl (C=O) groups is 1. The summed E-state index contributed by atoms with van der Waals surface area (Å²) in [6, 6.07) is 7.15. The zero-order valence-electron chi connectivity index (χ0n) is 12.1. The van der Waals surface area contributed by atoms with E-state index >= 15 is 0 Å². The lowest BCUT2D eigenvalue weighted by atomic mass is 10.1. The van der Waals surface area contributed by atoms with Crippen molar-refractivity contribution in [3.05, 3.63) is 29.8 Å². The molecular formula is C15H25ClN2O2. The molecule has 1 rings (SSSR count). The van der Waals surface area contributed by atoms with E-state index in [0.717, 1.165) is 6.42 Å². The Balaban J connectivity index is 0.00000361. The first-order chi connectivity index (χ1) is 9.29. The number of hydrogen-bond acceptors (Lipinski definition) is 3. The predicted octanol–water partition coefficient (Wildman–Crippen LogP) is 3.45. The van der Waals surface area contributed by atoms with Crippen LogP contribution in [0.25, 0.3) is 0 Å². The summed E-state index contributed by atoms with van der Waals surface area (Å²) >= 11 is 0. The fraction of sp³-hybridized carbons (Fsp3) is 0.533. The standard InChI is InChI=1S/C15H24N2O2.ClH/c1-2-3-4-5-6-9-12-19-14-11-8-7-10-13(14)15(18)17-16;/h7-8,10-11H,2-6,9,12,16H2,1H3,(H,17,18);1H. The van der Waals surface area contributed by atoms with Gasteiger partial charge in [0.2, 0.25) is 0 Å². The number of nitrogens with one attached hydrogen (secondary N) is 1. The van der Waals surface area contributed by atoms with Crippen LogP contribution in [0.3, 0.4) is 0 Å². The highest BCUT2D eigenvalue weighted by atomic mass is 35.5. The Morgan fingerprint density at radius 2 is 1.80 bits per heavy atom. The highest BCUT2D eigenvalue weighted by molar-refractivity contribution is 5.96. The van der Waals surface area contributed by atoms with E-state index < -0.39 is 0 Å². The number of hydrogen-bond donors (Lipinski definition) is 2. The first-order valence-electron chi connectivity index (χ1n) is 7.02. The summed E-state index contributed by atoms with van der Waals surface area (Å²) in [6.45, 7) is 2.85. The summed E-state index contributed by atoms with van der Waals surface area (Å²) in [5.74, 6) is 5.42. The van der Waals surface area contributed by atoms with Gasteiger partial charge in [-0.25, -0.2) is 5.84 Å². The van der Waals surface area contributed by atoms with Crippen LogP contribution in [0.2, 0.25) is 0 Å². The van der Waals surface area contributed by atoms with Crippen molar-refractivity contribution in [3.8, 4) is 5.75 Å². The van der Waals surface area contributed by atoms with Crippen molar-refractivity contribution in [1.82, 2.24) is 5.43 Å². The van der Waals surface area contributed by atoms with Crippen molar-refractivity contribution in [1.29, 1.82) is 0 Å². The van der Waals surface area contributed by atoms with Gasteiger partial charge < -0.3 is 4.74 Å². The van der Waals surface area contributed by atoms with Gasteiger partial charge in [-0.1, -0.05) is 51.2 Å². The molecule has 0 spiro atoms. The van der Waals surface area contributed by atoms with Crippen molar-refractivity contribution in [2.45, 2.75) is 45.4 Å². The molecule has 3 N–H and O–H groups in total. The van der Waals surface area contributed by atoms with E-state index in [1.807, 2.05) is 6.07 Å². The SMILES string of the molecule is CCCCCCCCOc1ccccc1C(=O)NN.Cl. The lowest BCUT2D eigenvalue weighted by Crippen LogP contribution is -2.30. The molecule has 0 aromatic heterocycles. The molecular weight excluding hydrogens is 276 g/mol. The third kappa shape index (κ3) is 6.78. The molecule has 0 fully saturated rings. The minimum Gasteiger partial charge on any atom is -0.493 e. The molecule has 0 bridgehead atoms. The van der Waals surface area contributed by atoms with E-state index in [-0.39, 0.29) is 18.3 Å². The molecule has 1 aromatic rings. The summed E-state index contributed by atoms with van der Waals surface area (Å²) < 4.78 is 5.65. The molecule has 20 heavy (non-hydrogen) atoms. The first-order valence-corrected chi connectivity index (χ1v) is 7.02. The molecule has 0 aliphatic carbocycles. The molecule has 1 amide bonds. The smallest absolute Gasteiger partial charge is 0.268 e. The number of carbonyl (C=O) groups excluding carboxylic acids is 1. The maximum absolute atomic E-state index is 11.5. The number of unbranched alkanes of at least 4 members (excludes halogenated alkanes) is 5. The van der Waals surface area contributed by atoms with E-state index in [1.54, 1.807) is 18.2 Å². The minimum atomic E-state index is -0.321. The molecule has 1 aromatic carbocycles. The van der Waals surface area contributed by atoms with Gasteiger partial charge >= 0.3 is 0 Å². The molecule has 114 valence electrons. The van der Waals surface area contributed by atoms with Gasteiger partial charge in [0.05, 0.1) is 12.2 Å². The summed E-state index contributed by atoms with van der Waals surface area (Å²) in [4.78, 5) is 11.5. The van der Waals surface area contributed by atoms with E-state index in [4.69, 9.17) is 10.6 Å². The van der Waals surface area contributed by atoms with Crippen LogP contribution in [0.1, 0.15) is 55.8 Å². The average Bonchev–Trinajstić information content (AvgIpc) is 2.46. The Morgan fingerprint density at radius 1 is 1.15 bits per heavy atom. The average molecular weight is 301 g/mol. The maximum Gasteiger partial charge on any atom is 0.268 e. The number of amides is 1. The Kier molecular flexibility index (Phi) is 10.8. The van der Waals surface area contributed by atoms with E-state index in [0.29, 0.717) is 17.9 Å². The summed E-state index contributed by atoms with van der Waals surface area (Å²) in [5, 5.41) is 0. The van der Waals surface area contributed by atoms with Crippen LogP contribution in [0.5, 0.6) is 5.75 Å². The van der Waals surface area contributed by atoms with Gasteiger partial charge in [0, 0.05) is 0 Å². The van der Waals surface area contributed by atoms with Crippen LogP contribution < -0.4 is 16.0 Å². The van der Waals surface area contributed by atoms with Crippen molar-refractivity contribution < 1.29 is 9.53 Å². The summed E-state index contributed by atoms with van der Waals surface area (Å²) in [5.41, 5.74) is 2.61. The lowest BCUT2D eigenvalue weighted by Gasteiger charge is -2.10. The van der Waals surface area contributed by atoms with Gasteiger partial charge in [-0.05, 0) is 18.6 Å². The number of nitrogens with two attached hydrogens (primary N) is 1. The predicted molar refractivity (Wildman–Crippen MR) is 84.2 cm³/mol.